The molecule has 1 aromatic heterocycles. The van der Waals surface area contributed by atoms with Crippen LogP contribution in [0.5, 0.6) is 0 Å². The van der Waals surface area contributed by atoms with Gasteiger partial charge < -0.3 is 0 Å². The molecule has 2 heteroatoms. The number of hydrogen-bond acceptors (Lipinski definition) is 1. The van der Waals surface area contributed by atoms with Crippen molar-refractivity contribution in [2.45, 2.75) is 27.2 Å². The largest absolute Gasteiger partial charge is 0.258 e. The zero-order valence-electron chi connectivity index (χ0n) is 10.4. The summed E-state index contributed by atoms with van der Waals surface area (Å²) in [5.74, 6) is -0.156. The Hall–Kier alpha value is -1.70. The predicted octanol–water partition coefficient (Wildman–Crippen LogP) is 3.74. The Labute approximate surface area is 101 Å². The molecule has 0 bridgehead atoms. The van der Waals surface area contributed by atoms with Crippen LogP contribution in [0.1, 0.15) is 28.1 Å². The molecule has 0 atom stereocenters. The highest BCUT2D eigenvalue weighted by atomic mass is 19.1. The van der Waals surface area contributed by atoms with Crippen molar-refractivity contribution in [3.63, 3.8) is 0 Å². The Balaban J connectivity index is 2.34. The minimum atomic E-state index is -0.156. The van der Waals surface area contributed by atoms with E-state index in [1.54, 1.807) is 6.07 Å². The summed E-state index contributed by atoms with van der Waals surface area (Å²) in [6.07, 6.45) is 0.552. The summed E-state index contributed by atoms with van der Waals surface area (Å²) in [5, 5.41) is 0. The van der Waals surface area contributed by atoms with Gasteiger partial charge >= 0.3 is 0 Å². The second-order valence-electron chi connectivity index (χ2n) is 4.55. The topological polar surface area (TPSA) is 12.9 Å². The van der Waals surface area contributed by atoms with Crippen LogP contribution in [0.25, 0.3) is 0 Å². The van der Waals surface area contributed by atoms with Crippen molar-refractivity contribution in [3.8, 4) is 0 Å². The second kappa shape index (κ2) is 4.66. The SMILES string of the molecule is Cc1cc(C)nc(Cc2cc(C)ccc2F)c1. The quantitative estimate of drug-likeness (QED) is 0.764. The number of benzene rings is 1. The molecule has 0 radical (unpaired) electrons. The lowest BCUT2D eigenvalue weighted by molar-refractivity contribution is 0.612. The molecular formula is C15H16FN. The van der Waals surface area contributed by atoms with E-state index in [2.05, 4.69) is 4.98 Å². The molecule has 1 aromatic carbocycles. The van der Waals surface area contributed by atoms with Gasteiger partial charge in [-0.2, -0.15) is 0 Å². The third kappa shape index (κ3) is 2.90. The van der Waals surface area contributed by atoms with Crippen LogP contribution >= 0.6 is 0 Å². The van der Waals surface area contributed by atoms with Gasteiger partial charge in [0.05, 0.1) is 0 Å². The Bertz CT molecular complexity index is 526. The van der Waals surface area contributed by atoms with Crippen LogP contribution in [0.2, 0.25) is 0 Å². The third-order valence-electron chi connectivity index (χ3n) is 2.72. The summed E-state index contributed by atoms with van der Waals surface area (Å²) in [6, 6.07) is 9.22. The molecule has 0 N–H and O–H groups in total. The number of pyridine rings is 1. The van der Waals surface area contributed by atoms with Crippen molar-refractivity contribution >= 4 is 0 Å². The summed E-state index contributed by atoms with van der Waals surface area (Å²) < 4.78 is 13.6. The van der Waals surface area contributed by atoms with E-state index in [-0.39, 0.29) is 5.82 Å². The van der Waals surface area contributed by atoms with E-state index in [0.717, 1.165) is 17.0 Å². The average Bonchev–Trinajstić information content (AvgIpc) is 2.22. The number of hydrogen-bond donors (Lipinski definition) is 0. The Morgan fingerprint density at radius 1 is 1.00 bits per heavy atom. The first kappa shape index (κ1) is 11.8. The molecule has 0 aliphatic heterocycles. The zero-order valence-corrected chi connectivity index (χ0v) is 10.4. The zero-order chi connectivity index (χ0) is 12.4. The van der Waals surface area contributed by atoms with Gasteiger partial charge in [0.15, 0.2) is 0 Å². The molecule has 17 heavy (non-hydrogen) atoms. The van der Waals surface area contributed by atoms with E-state index in [9.17, 15) is 4.39 Å². The molecule has 0 saturated heterocycles. The van der Waals surface area contributed by atoms with Gasteiger partial charge in [-0.1, -0.05) is 17.7 Å². The minimum Gasteiger partial charge on any atom is -0.258 e. The maximum Gasteiger partial charge on any atom is 0.126 e. The van der Waals surface area contributed by atoms with Crippen LogP contribution in [0, 0.1) is 26.6 Å². The van der Waals surface area contributed by atoms with Crippen molar-refractivity contribution in [2.24, 2.45) is 0 Å². The molecule has 0 fully saturated rings. The lowest BCUT2D eigenvalue weighted by Crippen LogP contribution is -1.98. The first-order valence-electron chi connectivity index (χ1n) is 5.74. The van der Waals surface area contributed by atoms with Gasteiger partial charge in [0, 0.05) is 17.8 Å². The molecule has 2 rings (SSSR count). The smallest absolute Gasteiger partial charge is 0.126 e. The molecular weight excluding hydrogens is 213 g/mol. The fourth-order valence-electron chi connectivity index (χ4n) is 2.05. The highest BCUT2D eigenvalue weighted by molar-refractivity contribution is 5.29. The van der Waals surface area contributed by atoms with Crippen molar-refractivity contribution in [3.05, 3.63) is 64.2 Å². The van der Waals surface area contributed by atoms with Crippen molar-refractivity contribution in [1.82, 2.24) is 4.98 Å². The van der Waals surface area contributed by atoms with Gasteiger partial charge in [0.1, 0.15) is 5.82 Å². The molecule has 0 aliphatic carbocycles. The highest BCUT2D eigenvalue weighted by Crippen LogP contribution is 2.15. The number of aryl methyl sites for hydroxylation is 3. The molecule has 0 aliphatic rings. The molecule has 88 valence electrons. The van der Waals surface area contributed by atoms with Gasteiger partial charge in [0.25, 0.3) is 0 Å². The normalized spacial score (nSPS) is 10.6. The lowest BCUT2D eigenvalue weighted by atomic mass is 10.0. The van der Waals surface area contributed by atoms with Crippen LogP contribution in [-0.4, -0.2) is 4.98 Å². The minimum absolute atomic E-state index is 0.156. The van der Waals surface area contributed by atoms with E-state index >= 15 is 0 Å². The molecule has 0 amide bonds. The van der Waals surface area contributed by atoms with Gasteiger partial charge in [-0.05, 0) is 50.1 Å². The first-order valence-corrected chi connectivity index (χ1v) is 5.74. The second-order valence-corrected chi connectivity index (χ2v) is 4.55. The average molecular weight is 229 g/mol. The number of rotatable bonds is 2. The summed E-state index contributed by atoms with van der Waals surface area (Å²) in [6.45, 7) is 5.96. The summed E-state index contributed by atoms with van der Waals surface area (Å²) in [5.41, 5.74) is 4.86. The van der Waals surface area contributed by atoms with Gasteiger partial charge in [-0.25, -0.2) is 4.39 Å². The molecule has 0 saturated carbocycles. The lowest BCUT2D eigenvalue weighted by Gasteiger charge is -2.06. The molecule has 0 unspecified atom stereocenters. The number of nitrogens with zero attached hydrogens (tertiary/aromatic N) is 1. The Morgan fingerprint density at radius 2 is 1.76 bits per heavy atom. The van der Waals surface area contributed by atoms with Crippen molar-refractivity contribution < 1.29 is 4.39 Å². The molecule has 1 heterocycles. The maximum atomic E-state index is 13.6. The van der Waals surface area contributed by atoms with E-state index < -0.39 is 0 Å². The van der Waals surface area contributed by atoms with E-state index in [1.165, 1.54) is 11.6 Å². The van der Waals surface area contributed by atoms with Crippen LogP contribution in [0.3, 0.4) is 0 Å². The van der Waals surface area contributed by atoms with E-state index in [4.69, 9.17) is 0 Å². The summed E-state index contributed by atoms with van der Waals surface area (Å²) in [7, 11) is 0. The van der Waals surface area contributed by atoms with Crippen molar-refractivity contribution in [2.75, 3.05) is 0 Å². The van der Waals surface area contributed by atoms with E-state index in [1.807, 2.05) is 39.0 Å². The van der Waals surface area contributed by atoms with Crippen LogP contribution < -0.4 is 0 Å². The summed E-state index contributed by atoms with van der Waals surface area (Å²) in [4.78, 5) is 4.43. The fraction of sp³-hybridized carbons (Fsp3) is 0.267. The van der Waals surface area contributed by atoms with Gasteiger partial charge in [-0.15, -0.1) is 0 Å². The Kier molecular flexibility index (Phi) is 3.23. The maximum absolute atomic E-state index is 13.6. The van der Waals surface area contributed by atoms with Crippen LogP contribution in [-0.2, 0) is 6.42 Å². The predicted molar refractivity (Wildman–Crippen MR) is 67.7 cm³/mol. The number of halogens is 1. The monoisotopic (exact) mass is 229 g/mol. The molecule has 1 nitrogen and oxygen atoms in total. The van der Waals surface area contributed by atoms with Crippen LogP contribution in [0.4, 0.5) is 4.39 Å². The highest BCUT2D eigenvalue weighted by Gasteiger charge is 2.05. The van der Waals surface area contributed by atoms with E-state index in [0.29, 0.717) is 12.0 Å². The number of aromatic nitrogens is 1. The van der Waals surface area contributed by atoms with Crippen LogP contribution in [0.15, 0.2) is 30.3 Å². The molecule has 0 spiro atoms. The van der Waals surface area contributed by atoms with Gasteiger partial charge in [-0.3, -0.25) is 4.98 Å². The third-order valence-corrected chi connectivity index (χ3v) is 2.72. The van der Waals surface area contributed by atoms with Crippen molar-refractivity contribution in [1.29, 1.82) is 0 Å². The van der Waals surface area contributed by atoms with Gasteiger partial charge in [0.2, 0.25) is 0 Å². The Morgan fingerprint density at radius 3 is 2.47 bits per heavy atom. The standard InChI is InChI=1S/C15H16FN/c1-10-4-5-15(16)13(7-10)9-14-8-11(2)6-12(3)17-14/h4-8H,9H2,1-3H3. The molecule has 2 aromatic rings. The first-order chi connectivity index (χ1) is 8.04. The fourth-order valence-corrected chi connectivity index (χ4v) is 2.05. The summed E-state index contributed by atoms with van der Waals surface area (Å²) >= 11 is 0.